The van der Waals surface area contributed by atoms with Crippen LogP contribution in [0.1, 0.15) is 56.2 Å². The lowest BCUT2D eigenvalue weighted by atomic mass is 10.0. The van der Waals surface area contributed by atoms with Crippen molar-refractivity contribution in [3.05, 3.63) is 89.5 Å². The number of aliphatic carboxylic acids is 1. The number of primary amides is 1. The summed E-state index contributed by atoms with van der Waals surface area (Å²) in [7, 11) is 0. The normalized spacial score (nSPS) is 15.8. The molecule has 3 aromatic carbocycles. The number of likely N-dealkylation sites (tertiary alicyclic amines) is 1. The number of nitrogens with one attached hydrogen (secondary N) is 6. The van der Waals surface area contributed by atoms with E-state index in [0.29, 0.717) is 23.1 Å². The van der Waals surface area contributed by atoms with Crippen molar-refractivity contribution in [2.75, 3.05) is 19.7 Å². The van der Waals surface area contributed by atoms with Crippen LogP contribution in [-0.2, 0) is 62.4 Å². The van der Waals surface area contributed by atoms with Gasteiger partial charge in [0.05, 0.1) is 25.6 Å². The average Bonchev–Trinajstić information content (AvgIpc) is 3.81. The monoisotopic (exact) mass is 975 g/mol. The molecule has 0 radical (unpaired) electrons. The van der Waals surface area contributed by atoms with Crippen LogP contribution in [0.4, 0.5) is 0 Å². The molecule has 1 aliphatic rings. The molecule has 1 aliphatic heterocycles. The Bertz CT molecular complexity index is 2330. The van der Waals surface area contributed by atoms with Crippen LogP contribution < -0.4 is 43.4 Å². The van der Waals surface area contributed by atoms with Gasteiger partial charge < -0.3 is 73.8 Å². The molecule has 0 aromatic heterocycles. The molecule has 1 saturated heterocycles. The van der Waals surface area contributed by atoms with E-state index in [9.17, 15) is 68.7 Å². The molecule has 0 unspecified atom stereocenters. The molecule has 1 heterocycles. The van der Waals surface area contributed by atoms with Gasteiger partial charge >= 0.3 is 5.97 Å². The number of carboxylic acid groups (broad SMARTS) is 1. The van der Waals surface area contributed by atoms with Crippen LogP contribution in [0, 0.1) is 5.92 Å². The molecule has 0 saturated carbocycles. The van der Waals surface area contributed by atoms with Gasteiger partial charge in [0.15, 0.2) is 0 Å². The van der Waals surface area contributed by atoms with Crippen LogP contribution in [-0.4, -0.2) is 146 Å². The van der Waals surface area contributed by atoms with Gasteiger partial charge in [-0.1, -0.05) is 50.2 Å². The highest BCUT2D eigenvalue weighted by molar-refractivity contribution is 5.98. The first kappa shape index (κ1) is 54.8. The Morgan fingerprint density at radius 1 is 0.629 bits per heavy atom. The first-order valence-corrected chi connectivity index (χ1v) is 22.4. The van der Waals surface area contributed by atoms with Gasteiger partial charge in [0.25, 0.3) is 0 Å². The van der Waals surface area contributed by atoms with Gasteiger partial charge in [0.1, 0.15) is 53.5 Å². The van der Waals surface area contributed by atoms with E-state index in [1.807, 2.05) is 0 Å². The summed E-state index contributed by atoms with van der Waals surface area (Å²) in [6.45, 7) is 1.97. The fourth-order valence-electron chi connectivity index (χ4n) is 7.56. The van der Waals surface area contributed by atoms with Gasteiger partial charge in [-0.05, 0) is 84.7 Å². The first-order chi connectivity index (χ1) is 33.1. The minimum Gasteiger partial charge on any atom is -0.508 e. The number of aliphatic hydroxyl groups is 1. The molecule has 7 atom stereocenters. The lowest BCUT2D eigenvalue weighted by molar-refractivity contribution is -0.142. The van der Waals surface area contributed by atoms with Gasteiger partial charge in [-0.3, -0.25) is 38.4 Å². The summed E-state index contributed by atoms with van der Waals surface area (Å²) in [5, 5.41) is 63.4. The fourth-order valence-corrected chi connectivity index (χ4v) is 7.56. The number of nitrogens with two attached hydrogens (primary N) is 2. The Kier molecular flexibility index (Phi) is 20.4. The third-order valence-corrected chi connectivity index (χ3v) is 11.2. The van der Waals surface area contributed by atoms with Crippen LogP contribution in [0.15, 0.2) is 72.8 Å². The van der Waals surface area contributed by atoms with E-state index in [2.05, 4.69) is 31.9 Å². The second kappa shape index (κ2) is 26.1. The van der Waals surface area contributed by atoms with E-state index in [-0.39, 0.29) is 61.8 Å². The van der Waals surface area contributed by atoms with Crippen molar-refractivity contribution in [1.29, 1.82) is 0 Å². The van der Waals surface area contributed by atoms with Gasteiger partial charge in [0, 0.05) is 19.4 Å². The number of benzene rings is 3. The molecule has 3 aromatic rings. The Morgan fingerprint density at radius 3 is 1.60 bits per heavy atom. The highest BCUT2D eigenvalue weighted by Gasteiger charge is 2.38. The number of nitrogens with zero attached hydrogens (tertiary/aromatic N) is 1. The van der Waals surface area contributed by atoms with Crippen molar-refractivity contribution in [2.45, 2.75) is 101 Å². The van der Waals surface area contributed by atoms with Gasteiger partial charge in [0.2, 0.25) is 47.3 Å². The summed E-state index contributed by atoms with van der Waals surface area (Å²) < 4.78 is 0. The number of aromatic hydroxyl groups is 3. The Balaban J connectivity index is 1.41. The zero-order valence-corrected chi connectivity index (χ0v) is 38.6. The number of carboxylic acids is 1. The number of carbonyl (C=O) groups excluding carboxylic acids is 8. The average molecular weight is 976 g/mol. The maximum absolute atomic E-state index is 13.7. The number of aliphatic hydroxyl groups excluding tert-OH is 1. The third kappa shape index (κ3) is 17.1. The molecule has 70 heavy (non-hydrogen) atoms. The number of hydrogen-bond donors (Lipinski definition) is 13. The molecule has 8 amide bonds. The number of rotatable bonds is 25. The SMILES string of the molecule is CC(C)C[C@H](NC(=O)CNC(=O)[C@H](Cc1ccc(O)cc1)NC(=O)[C@H](CO)NC(=O)[C@@H]1CCCN1C(=O)[C@@H](N)Cc1ccc(O)cc1)C(=O)N[C@@H](CC(N)=O)C(=O)N[C@@H](Cc1ccc(O)cc1)C(=O)O. The van der Waals surface area contributed by atoms with Crippen molar-refractivity contribution in [1.82, 2.24) is 36.8 Å². The second-order valence-corrected chi connectivity index (χ2v) is 17.3. The first-order valence-electron chi connectivity index (χ1n) is 22.4. The van der Waals surface area contributed by atoms with Crippen molar-refractivity contribution < 1.29 is 68.7 Å². The predicted molar refractivity (Wildman–Crippen MR) is 249 cm³/mol. The summed E-state index contributed by atoms with van der Waals surface area (Å²) >= 11 is 0. The summed E-state index contributed by atoms with van der Waals surface area (Å²) in [6.07, 6.45) is -0.394. The molecule has 4 rings (SSSR count). The van der Waals surface area contributed by atoms with Crippen LogP contribution >= 0.6 is 0 Å². The Labute approximate surface area is 402 Å². The van der Waals surface area contributed by atoms with Crippen LogP contribution in [0.5, 0.6) is 17.2 Å². The highest BCUT2D eigenvalue weighted by Crippen LogP contribution is 2.21. The Morgan fingerprint density at radius 2 is 1.10 bits per heavy atom. The van der Waals surface area contributed by atoms with Gasteiger partial charge in [-0.2, -0.15) is 0 Å². The molecule has 23 heteroatoms. The largest absolute Gasteiger partial charge is 0.508 e. The van der Waals surface area contributed by atoms with Gasteiger partial charge in [-0.15, -0.1) is 0 Å². The second-order valence-electron chi connectivity index (χ2n) is 17.3. The molecule has 23 nitrogen and oxygen atoms in total. The minimum atomic E-state index is -1.67. The summed E-state index contributed by atoms with van der Waals surface area (Å²) in [4.78, 5) is 120. The number of hydrogen-bond acceptors (Lipinski definition) is 14. The zero-order valence-electron chi connectivity index (χ0n) is 38.6. The van der Waals surface area contributed by atoms with Gasteiger partial charge in [-0.25, -0.2) is 4.79 Å². The van der Waals surface area contributed by atoms with E-state index < -0.39 is 115 Å². The molecule has 0 aliphatic carbocycles. The summed E-state index contributed by atoms with van der Waals surface area (Å²) in [5.41, 5.74) is 13.1. The lowest BCUT2D eigenvalue weighted by Crippen LogP contribution is -2.59. The molecule has 378 valence electrons. The Hall–Kier alpha value is -7.79. The molecule has 0 spiro atoms. The van der Waals surface area contributed by atoms with E-state index in [1.165, 1.54) is 65.6 Å². The van der Waals surface area contributed by atoms with E-state index in [1.54, 1.807) is 26.0 Å². The van der Waals surface area contributed by atoms with Crippen molar-refractivity contribution in [3.63, 3.8) is 0 Å². The number of amides is 8. The molecule has 1 fully saturated rings. The molecular weight excluding hydrogens is 915 g/mol. The summed E-state index contributed by atoms with van der Waals surface area (Å²) in [6, 6.07) is 7.59. The fraction of sp³-hybridized carbons (Fsp3) is 0.426. The molecular formula is C47H61N9O14. The number of phenolic OH excluding ortho intramolecular Hbond substituents is 3. The maximum Gasteiger partial charge on any atom is 0.326 e. The van der Waals surface area contributed by atoms with Crippen LogP contribution in [0.3, 0.4) is 0 Å². The smallest absolute Gasteiger partial charge is 0.326 e. The lowest BCUT2D eigenvalue weighted by Gasteiger charge is -2.28. The van der Waals surface area contributed by atoms with E-state index in [4.69, 9.17) is 11.5 Å². The van der Waals surface area contributed by atoms with Crippen molar-refractivity contribution in [2.24, 2.45) is 17.4 Å². The highest BCUT2D eigenvalue weighted by atomic mass is 16.4. The number of phenols is 3. The predicted octanol–water partition coefficient (Wildman–Crippen LogP) is -2.31. The quantitative estimate of drug-likeness (QED) is 0.0424. The maximum atomic E-state index is 13.7. The standard InChI is InChI=1S/C47H61N9O14/c1-25(2)18-33(42(64)53-35(22-39(49)61)43(65)54-36(47(69)70)21-28-9-15-31(60)16-10-28)51-40(62)23-50-41(63)34(20-27-7-13-30(59)14-8-27)52-44(66)37(24-57)55-45(67)38-4-3-17-56(38)46(68)32(48)19-26-5-11-29(58)12-6-26/h5-16,25,32-38,57-60H,3-4,17-24,48H2,1-2H3,(H2,49,61)(H,50,63)(H,51,62)(H,52,66)(H,53,64)(H,54,65)(H,55,67)(H,69,70)/t32-,33-,34-,35-,36-,37-,38-/m0/s1. The van der Waals surface area contributed by atoms with Crippen molar-refractivity contribution >= 4 is 53.2 Å². The van der Waals surface area contributed by atoms with Crippen LogP contribution in [0.25, 0.3) is 0 Å². The summed E-state index contributed by atoms with van der Waals surface area (Å²) in [5.74, 6) is -8.94. The zero-order chi connectivity index (χ0) is 51.7. The van der Waals surface area contributed by atoms with Crippen LogP contribution in [0.2, 0.25) is 0 Å². The van der Waals surface area contributed by atoms with E-state index >= 15 is 0 Å². The molecule has 0 bridgehead atoms. The topological polar surface area (TPSA) is 382 Å². The van der Waals surface area contributed by atoms with Crippen molar-refractivity contribution in [3.8, 4) is 17.2 Å². The third-order valence-electron chi connectivity index (χ3n) is 11.2. The van der Waals surface area contributed by atoms with E-state index in [0.717, 1.165) is 0 Å². The minimum absolute atomic E-state index is 0.0117. The molecule has 15 N–H and O–H groups in total. The number of carbonyl (C=O) groups is 9.